The lowest BCUT2D eigenvalue weighted by Gasteiger charge is -2.11. The molecule has 1 N–H and O–H groups in total. The summed E-state index contributed by atoms with van der Waals surface area (Å²) in [6.45, 7) is 4.58. The van der Waals surface area contributed by atoms with Crippen LogP contribution in [0.2, 0.25) is 0 Å². The molecule has 1 atom stereocenters. The fourth-order valence-electron chi connectivity index (χ4n) is 5.72. The van der Waals surface area contributed by atoms with Crippen LogP contribution in [0.3, 0.4) is 0 Å². The molecule has 0 aliphatic rings. The van der Waals surface area contributed by atoms with Gasteiger partial charge in [-0.25, -0.2) is 0 Å². The summed E-state index contributed by atoms with van der Waals surface area (Å²) in [5.41, 5.74) is 0.705. The highest BCUT2D eigenvalue weighted by atomic mass is 14.4. The van der Waals surface area contributed by atoms with Crippen molar-refractivity contribution in [3.63, 3.8) is 0 Å². The number of nitrogens with zero attached hydrogens (tertiary/aromatic N) is 1. The van der Waals surface area contributed by atoms with E-state index in [4.69, 9.17) is 5.41 Å². The monoisotopic (exact) mass is 531 g/mol. The van der Waals surface area contributed by atoms with E-state index in [9.17, 15) is 5.26 Å². The Kier molecular flexibility index (Phi) is 31.7. The van der Waals surface area contributed by atoms with E-state index in [1.165, 1.54) is 173 Å². The minimum atomic E-state index is -0.126. The Hall–Kier alpha value is -0.840. The summed E-state index contributed by atoms with van der Waals surface area (Å²) in [6, 6.07) is 2.43. The Labute approximate surface area is 241 Å². The van der Waals surface area contributed by atoms with Crippen molar-refractivity contribution in [2.45, 2.75) is 213 Å². The predicted octanol–water partition coefficient (Wildman–Crippen LogP) is 13.3. The number of nitriles is 1. The van der Waals surface area contributed by atoms with Gasteiger partial charge in [-0.2, -0.15) is 5.26 Å². The van der Waals surface area contributed by atoms with Crippen LogP contribution in [0.5, 0.6) is 0 Å². The van der Waals surface area contributed by atoms with Gasteiger partial charge in [-0.05, 0) is 19.3 Å². The fourth-order valence-corrected chi connectivity index (χ4v) is 5.72. The lowest BCUT2D eigenvalue weighted by atomic mass is 9.93. The second-order valence-electron chi connectivity index (χ2n) is 12.3. The van der Waals surface area contributed by atoms with Crippen LogP contribution in [0, 0.1) is 22.7 Å². The van der Waals surface area contributed by atoms with Gasteiger partial charge in [0.25, 0.3) is 0 Å². The summed E-state index contributed by atoms with van der Waals surface area (Å²) in [6.07, 6.45) is 41.5. The van der Waals surface area contributed by atoms with E-state index in [0.29, 0.717) is 5.71 Å². The standard InChI is InChI=1S/C36H70N2/c1-3-5-7-9-11-13-15-17-19-21-23-25-27-29-31-33-36(38)35(34-37)32-30-28-26-24-22-20-18-16-14-12-10-8-6-4-2/h35,38H,3-33H2,1-2H3/t35-/m0/s1. The minimum absolute atomic E-state index is 0.126. The first-order valence-electron chi connectivity index (χ1n) is 17.7. The molecule has 0 aromatic carbocycles. The third kappa shape index (κ3) is 28.2. The van der Waals surface area contributed by atoms with Crippen molar-refractivity contribution >= 4 is 5.71 Å². The average molecular weight is 531 g/mol. The van der Waals surface area contributed by atoms with E-state index < -0.39 is 0 Å². The highest BCUT2D eigenvalue weighted by molar-refractivity contribution is 5.85. The Morgan fingerprint density at radius 3 is 1.00 bits per heavy atom. The first kappa shape index (κ1) is 37.2. The van der Waals surface area contributed by atoms with Crippen molar-refractivity contribution in [1.82, 2.24) is 0 Å². The maximum absolute atomic E-state index is 9.54. The van der Waals surface area contributed by atoms with Crippen LogP contribution >= 0.6 is 0 Å². The first-order chi connectivity index (χ1) is 18.8. The maximum atomic E-state index is 9.54. The lowest BCUT2D eigenvalue weighted by molar-refractivity contribution is 0.527. The van der Waals surface area contributed by atoms with E-state index in [0.717, 1.165) is 25.7 Å². The van der Waals surface area contributed by atoms with E-state index in [1.807, 2.05) is 0 Å². The van der Waals surface area contributed by atoms with Crippen molar-refractivity contribution in [1.29, 1.82) is 10.7 Å². The minimum Gasteiger partial charge on any atom is -0.308 e. The zero-order chi connectivity index (χ0) is 27.8. The predicted molar refractivity (Wildman–Crippen MR) is 171 cm³/mol. The number of hydrogen-bond acceptors (Lipinski definition) is 2. The molecule has 0 rings (SSSR count). The molecule has 0 saturated heterocycles. The Balaban J connectivity index is 3.41. The summed E-state index contributed by atoms with van der Waals surface area (Å²) in [7, 11) is 0. The van der Waals surface area contributed by atoms with Crippen LogP contribution in [0.1, 0.15) is 213 Å². The molecule has 38 heavy (non-hydrogen) atoms. The number of nitrogens with one attached hydrogen (secondary N) is 1. The summed E-state index contributed by atoms with van der Waals surface area (Å²) in [5.74, 6) is -0.126. The second kappa shape index (κ2) is 32.4. The molecule has 0 amide bonds. The molecule has 0 aliphatic heterocycles. The lowest BCUT2D eigenvalue weighted by Crippen LogP contribution is -2.11. The molecule has 0 radical (unpaired) electrons. The molecule has 0 unspecified atom stereocenters. The second-order valence-corrected chi connectivity index (χ2v) is 12.3. The summed E-state index contributed by atoms with van der Waals surface area (Å²) >= 11 is 0. The maximum Gasteiger partial charge on any atom is 0.0838 e. The number of rotatable bonds is 32. The van der Waals surface area contributed by atoms with Crippen molar-refractivity contribution in [2.24, 2.45) is 5.92 Å². The molecule has 0 heterocycles. The molecule has 0 aromatic heterocycles. The summed E-state index contributed by atoms with van der Waals surface area (Å²) in [4.78, 5) is 0. The molecule has 0 aliphatic carbocycles. The van der Waals surface area contributed by atoms with Gasteiger partial charge in [0.05, 0.1) is 12.0 Å². The van der Waals surface area contributed by atoms with Gasteiger partial charge in [0.2, 0.25) is 0 Å². The third-order valence-electron chi connectivity index (χ3n) is 8.47. The van der Waals surface area contributed by atoms with Crippen LogP contribution < -0.4 is 0 Å². The van der Waals surface area contributed by atoms with Crippen LogP contribution in [0.25, 0.3) is 0 Å². The van der Waals surface area contributed by atoms with Crippen LogP contribution in [0.4, 0.5) is 0 Å². The third-order valence-corrected chi connectivity index (χ3v) is 8.47. The highest BCUT2D eigenvalue weighted by Crippen LogP contribution is 2.18. The summed E-state index contributed by atoms with van der Waals surface area (Å²) < 4.78 is 0. The quantitative estimate of drug-likeness (QED) is 0.0682. The Morgan fingerprint density at radius 2 is 0.711 bits per heavy atom. The smallest absolute Gasteiger partial charge is 0.0838 e. The molecule has 0 aromatic rings. The molecule has 0 spiro atoms. The van der Waals surface area contributed by atoms with Crippen molar-refractivity contribution in [3.8, 4) is 6.07 Å². The highest BCUT2D eigenvalue weighted by Gasteiger charge is 2.13. The average Bonchev–Trinajstić information content (AvgIpc) is 2.93. The Morgan fingerprint density at radius 1 is 0.447 bits per heavy atom. The largest absolute Gasteiger partial charge is 0.308 e. The molecule has 0 fully saturated rings. The molecular weight excluding hydrogens is 460 g/mol. The van der Waals surface area contributed by atoms with Gasteiger partial charge in [0.1, 0.15) is 0 Å². The van der Waals surface area contributed by atoms with Crippen LogP contribution in [0.15, 0.2) is 0 Å². The molecule has 2 heteroatoms. The van der Waals surface area contributed by atoms with E-state index >= 15 is 0 Å². The fraction of sp³-hybridized carbons (Fsp3) is 0.944. The van der Waals surface area contributed by atoms with Gasteiger partial charge >= 0.3 is 0 Å². The van der Waals surface area contributed by atoms with Gasteiger partial charge in [0, 0.05) is 5.71 Å². The van der Waals surface area contributed by atoms with Crippen molar-refractivity contribution < 1.29 is 0 Å². The number of hydrogen-bond donors (Lipinski definition) is 1. The van der Waals surface area contributed by atoms with Gasteiger partial charge in [-0.1, -0.05) is 194 Å². The molecule has 0 saturated carbocycles. The molecule has 2 nitrogen and oxygen atoms in total. The Bertz CT molecular complexity index is 506. The van der Waals surface area contributed by atoms with Crippen LogP contribution in [-0.4, -0.2) is 5.71 Å². The van der Waals surface area contributed by atoms with Gasteiger partial charge in [-0.3, -0.25) is 0 Å². The van der Waals surface area contributed by atoms with Gasteiger partial charge in [0.15, 0.2) is 0 Å². The van der Waals surface area contributed by atoms with E-state index in [1.54, 1.807) is 0 Å². The zero-order valence-electron chi connectivity index (χ0n) is 26.4. The van der Waals surface area contributed by atoms with Gasteiger partial charge in [-0.15, -0.1) is 0 Å². The summed E-state index contributed by atoms with van der Waals surface area (Å²) in [5, 5.41) is 17.9. The first-order valence-corrected chi connectivity index (χ1v) is 17.7. The van der Waals surface area contributed by atoms with E-state index in [-0.39, 0.29) is 5.92 Å². The molecule has 0 bridgehead atoms. The molecular formula is C36H70N2. The van der Waals surface area contributed by atoms with E-state index in [2.05, 4.69) is 19.9 Å². The van der Waals surface area contributed by atoms with Crippen molar-refractivity contribution in [3.05, 3.63) is 0 Å². The SMILES string of the molecule is CCCCCCCCCCCCCCCCCC(=N)[C@H](C#N)CCCCCCCCCCCCCCCC. The van der Waals surface area contributed by atoms with Crippen molar-refractivity contribution in [2.75, 3.05) is 0 Å². The zero-order valence-corrected chi connectivity index (χ0v) is 26.4. The topological polar surface area (TPSA) is 47.6 Å². The van der Waals surface area contributed by atoms with Crippen LogP contribution in [-0.2, 0) is 0 Å². The normalized spacial score (nSPS) is 12.0. The van der Waals surface area contributed by atoms with Gasteiger partial charge < -0.3 is 5.41 Å². The number of unbranched alkanes of at least 4 members (excludes halogenated alkanes) is 27. The molecule has 224 valence electrons.